The van der Waals surface area contributed by atoms with Gasteiger partial charge in [0.15, 0.2) is 11.5 Å². The number of carbonyl (C=O) groups is 1. The summed E-state index contributed by atoms with van der Waals surface area (Å²) in [4.78, 5) is 11.4. The van der Waals surface area contributed by atoms with Gasteiger partial charge in [0.25, 0.3) is 0 Å². The van der Waals surface area contributed by atoms with Gasteiger partial charge in [-0.3, -0.25) is 4.79 Å². The van der Waals surface area contributed by atoms with Crippen molar-refractivity contribution in [3.05, 3.63) is 47.5 Å². The van der Waals surface area contributed by atoms with E-state index in [-0.39, 0.29) is 24.7 Å². The molecule has 0 aliphatic carbocycles. The lowest BCUT2D eigenvalue weighted by Crippen LogP contribution is -2.53. The fourth-order valence-electron chi connectivity index (χ4n) is 1.75. The van der Waals surface area contributed by atoms with Crippen molar-refractivity contribution in [3.8, 4) is 0 Å². The van der Waals surface area contributed by atoms with Crippen LogP contribution in [0, 0.1) is 0 Å². The third-order valence-electron chi connectivity index (χ3n) is 2.92. The number of nitrogens with one attached hydrogen (secondary N) is 1. The topological polar surface area (TPSA) is 29.1 Å². The average Bonchev–Trinajstić information content (AvgIpc) is 2.32. The molecule has 1 aliphatic heterocycles. The summed E-state index contributed by atoms with van der Waals surface area (Å²) >= 11 is 0. The molecule has 6 heteroatoms. The SMILES string of the molecule is O=C(C=CC(F)(F)F)c1ccc(C2(F)CNC2)cc1. The number of rotatable bonds is 3. The number of alkyl halides is 4. The molecule has 2 rings (SSSR count). The molecule has 0 saturated carbocycles. The summed E-state index contributed by atoms with van der Waals surface area (Å²) < 4.78 is 49.7. The first-order chi connectivity index (χ1) is 8.80. The molecular formula is C13H11F4NO. The summed E-state index contributed by atoms with van der Waals surface area (Å²) in [5, 5.41) is 2.80. The van der Waals surface area contributed by atoms with E-state index in [1.54, 1.807) is 0 Å². The van der Waals surface area contributed by atoms with Crippen LogP contribution in [-0.2, 0) is 5.67 Å². The highest BCUT2D eigenvalue weighted by molar-refractivity contribution is 6.04. The van der Waals surface area contributed by atoms with Crippen molar-refractivity contribution in [2.45, 2.75) is 11.8 Å². The van der Waals surface area contributed by atoms with E-state index in [0.29, 0.717) is 11.6 Å². The van der Waals surface area contributed by atoms with Crippen molar-refractivity contribution in [1.29, 1.82) is 0 Å². The standard InChI is InChI=1S/C13H11F4NO/c14-12(7-18-8-12)10-3-1-9(2-4-10)11(19)5-6-13(15,16)17/h1-6,18H,7-8H2. The van der Waals surface area contributed by atoms with E-state index in [2.05, 4.69) is 5.32 Å². The van der Waals surface area contributed by atoms with Gasteiger partial charge < -0.3 is 5.32 Å². The lowest BCUT2D eigenvalue weighted by atomic mass is 9.89. The average molecular weight is 273 g/mol. The van der Waals surface area contributed by atoms with Gasteiger partial charge in [-0.25, -0.2) is 4.39 Å². The van der Waals surface area contributed by atoms with E-state index >= 15 is 0 Å². The maximum absolute atomic E-state index is 14.0. The molecular weight excluding hydrogens is 262 g/mol. The Bertz CT molecular complexity index is 500. The predicted molar refractivity (Wildman–Crippen MR) is 61.6 cm³/mol. The van der Waals surface area contributed by atoms with Gasteiger partial charge in [0.05, 0.1) is 0 Å². The van der Waals surface area contributed by atoms with Crippen LogP contribution >= 0.6 is 0 Å². The minimum atomic E-state index is -4.52. The molecule has 19 heavy (non-hydrogen) atoms. The van der Waals surface area contributed by atoms with Crippen LogP contribution in [0.2, 0.25) is 0 Å². The lowest BCUT2D eigenvalue weighted by Gasteiger charge is -2.35. The first kappa shape index (κ1) is 13.7. The third kappa shape index (κ3) is 3.20. The summed E-state index contributed by atoms with van der Waals surface area (Å²) in [7, 11) is 0. The minimum Gasteiger partial charge on any atom is -0.310 e. The van der Waals surface area contributed by atoms with E-state index in [1.165, 1.54) is 24.3 Å². The van der Waals surface area contributed by atoms with Crippen molar-refractivity contribution < 1.29 is 22.4 Å². The first-order valence-electron chi connectivity index (χ1n) is 5.61. The van der Waals surface area contributed by atoms with Crippen LogP contribution in [0.4, 0.5) is 17.6 Å². The summed E-state index contributed by atoms with van der Waals surface area (Å²) in [5.74, 6) is -0.761. The van der Waals surface area contributed by atoms with Gasteiger partial charge in [-0.1, -0.05) is 24.3 Å². The Kier molecular flexibility index (Phi) is 3.45. The third-order valence-corrected chi connectivity index (χ3v) is 2.92. The van der Waals surface area contributed by atoms with E-state index in [1.807, 2.05) is 0 Å². The summed E-state index contributed by atoms with van der Waals surface area (Å²) in [6, 6.07) is 5.51. The van der Waals surface area contributed by atoms with Crippen molar-refractivity contribution in [3.63, 3.8) is 0 Å². The molecule has 1 heterocycles. The quantitative estimate of drug-likeness (QED) is 0.521. The molecule has 0 atom stereocenters. The zero-order chi connectivity index (χ0) is 14.1. The Labute approximate surface area is 107 Å². The first-order valence-corrected chi connectivity index (χ1v) is 5.61. The van der Waals surface area contributed by atoms with Gasteiger partial charge in [0.2, 0.25) is 0 Å². The van der Waals surface area contributed by atoms with Gasteiger partial charge >= 0.3 is 6.18 Å². The summed E-state index contributed by atoms with van der Waals surface area (Å²) in [5.41, 5.74) is -0.925. The molecule has 0 amide bonds. The Morgan fingerprint density at radius 1 is 1.21 bits per heavy atom. The molecule has 0 bridgehead atoms. The second-order valence-corrected chi connectivity index (χ2v) is 4.39. The van der Waals surface area contributed by atoms with E-state index in [4.69, 9.17) is 0 Å². The molecule has 0 aromatic heterocycles. The predicted octanol–water partition coefficient (Wildman–Crippen LogP) is 2.76. The molecule has 1 aromatic carbocycles. The largest absolute Gasteiger partial charge is 0.409 e. The Balaban J connectivity index is 2.10. The van der Waals surface area contributed by atoms with Crippen LogP contribution in [0.1, 0.15) is 15.9 Å². The fourth-order valence-corrected chi connectivity index (χ4v) is 1.75. The van der Waals surface area contributed by atoms with Crippen LogP contribution in [0.25, 0.3) is 0 Å². The molecule has 1 saturated heterocycles. The van der Waals surface area contributed by atoms with Crippen molar-refractivity contribution >= 4 is 5.78 Å². The van der Waals surface area contributed by atoms with E-state index in [0.717, 1.165) is 0 Å². The van der Waals surface area contributed by atoms with E-state index in [9.17, 15) is 22.4 Å². The van der Waals surface area contributed by atoms with Crippen molar-refractivity contribution in [1.82, 2.24) is 5.32 Å². The van der Waals surface area contributed by atoms with Gasteiger partial charge in [0, 0.05) is 24.7 Å². The maximum atomic E-state index is 14.0. The Morgan fingerprint density at radius 3 is 2.21 bits per heavy atom. The maximum Gasteiger partial charge on any atom is 0.409 e. The molecule has 0 spiro atoms. The van der Waals surface area contributed by atoms with Crippen molar-refractivity contribution in [2.75, 3.05) is 13.1 Å². The number of halogens is 4. The second-order valence-electron chi connectivity index (χ2n) is 4.39. The molecule has 2 nitrogen and oxygen atoms in total. The molecule has 1 aromatic rings. The normalized spacial score (nSPS) is 18.3. The molecule has 1 fully saturated rings. The Hall–Kier alpha value is -1.69. The summed E-state index contributed by atoms with van der Waals surface area (Å²) in [6.07, 6.45) is -4.17. The zero-order valence-electron chi connectivity index (χ0n) is 9.80. The monoisotopic (exact) mass is 273 g/mol. The number of allylic oxidation sites excluding steroid dienone is 2. The van der Waals surface area contributed by atoms with Crippen molar-refractivity contribution in [2.24, 2.45) is 0 Å². The Morgan fingerprint density at radius 2 is 1.79 bits per heavy atom. The van der Waals surface area contributed by atoms with Crippen LogP contribution in [0.5, 0.6) is 0 Å². The summed E-state index contributed by atoms with van der Waals surface area (Å²) in [6.45, 7) is 0.405. The highest BCUT2D eigenvalue weighted by Crippen LogP contribution is 2.30. The fraction of sp³-hybridized carbons (Fsp3) is 0.308. The highest BCUT2D eigenvalue weighted by atomic mass is 19.4. The van der Waals surface area contributed by atoms with E-state index < -0.39 is 17.6 Å². The van der Waals surface area contributed by atoms with Crippen LogP contribution < -0.4 is 5.32 Å². The number of ketones is 1. The molecule has 1 N–H and O–H groups in total. The molecule has 1 aliphatic rings. The number of carbonyl (C=O) groups excluding carboxylic acids is 1. The number of hydrogen-bond donors (Lipinski definition) is 1. The van der Waals surface area contributed by atoms with Crippen LogP contribution in [0.3, 0.4) is 0 Å². The van der Waals surface area contributed by atoms with Gasteiger partial charge in [-0.05, 0) is 11.6 Å². The van der Waals surface area contributed by atoms with Crippen LogP contribution in [0.15, 0.2) is 36.4 Å². The molecule has 0 unspecified atom stereocenters. The van der Waals surface area contributed by atoms with Gasteiger partial charge in [-0.2, -0.15) is 13.2 Å². The minimum absolute atomic E-state index is 0.0973. The lowest BCUT2D eigenvalue weighted by molar-refractivity contribution is -0.0799. The van der Waals surface area contributed by atoms with Gasteiger partial charge in [-0.15, -0.1) is 0 Å². The second kappa shape index (κ2) is 4.77. The molecule has 102 valence electrons. The van der Waals surface area contributed by atoms with Crippen LogP contribution in [-0.4, -0.2) is 25.0 Å². The number of hydrogen-bond acceptors (Lipinski definition) is 2. The number of benzene rings is 1. The zero-order valence-corrected chi connectivity index (χ0v) is 9.80. The molecule has 0 radical (unpaired) electrons. The highest BCUT2D eigenvalue weighted by Gasteiger charge is 2.38. The van der Waals surface area contributed by atoms with Gasteiger partial charge in [0.1, 0.15) is 0 Å². The smallest absolute Gasteiger partial charge is 0.310 e.